The van der Waals surface area contributed by atoms with E-state index in [-0.39, 0.29) is 5.56 Å². The van der Waals surface area contributed by atoms with Crippen LogP contribution in [0.15, 0.2) is 42.6 Å². The number of H-pyrrole nitrogens is 2. The number of aromatic amines is 2. The van der Waals surface area contributed by atoms with Gasteiger partial charge in [-0.3, -0.25) is 14.8 Å². The normalized spacial score (nSPS) is 11.4. The molecule has 0 radical (unpaired) electrons. The summed E-state index contributed by atoms with van der Waals surface area (Å²) in [4.78, 5) is 22.9. The number of hydrogen-bond acceptors (Lipinski definition) is 4. The number of halogens is 1. The van der Waals surface area contributed by atoms with Crippen molar-refractivity contribution in [2.75, 3.05) is 18.4 Å². The maximum Gasteiger partial charge on any atom is 0.259 e. The zero-order chi connectivity index (χ0) is 22.0. The highest BCUT2D eigenvalue weighted by Gasteiger charge is 2.19. The quantitative estimate of drug-likeness (QED) is 0.411. The largest absolute Gasteiger partial charge is 0.337 e. The Labute approximate surface area is 179 Å². The Morgan fingerprint density at radius 3 is 2.74 bits per heavy atom. The second-order valence-electron chi connectivity index (χ2n) is 7.44. The van der Waals surface area contributed by atoms with Crippen molar-refractivity contribution < 1.29 is 9.18 Å². The first-order valence-electron chi connectivity index (χ1n) is 10.3. The molecule has 2 aromatic carbocycles. The summed E-state index contributed by atoms with van der Waals surface area (Å²) < 4.78 is 14.2. The molecule has 4 aromatic rings. The summed E-state index contributed by atoms with van der Waals surface area (Å²) in [7, 11) is 0. The van der Waals surface area contributed by atoms with Crippen LogP contribution < -0.4 is 5.32 Å². The molecule has 4 rings (SSSR count). The molecule has 7 nitrogen and oxygen atoms in total. The topological polar surface area (TPSA) is 89.7 Å². The molecule has 0 fully saturated rings. The minimum absolute atomic E-state index is 0.0142. The number of rotatable bonds is 7. The summed E-state index contributed by atoms with van der Waals surface area (Å²) in [5.74, 6) is -0.545. The predicted octanol–water partition coefficient (Wildman–Crippen LogP) is 4.49. The zero-order valence-corrected chi connectivity index (χ0v) is 17.8. The molecule has 0 saturated carbocycles. The molecule has 8 heteroatoms. The van der Waals surface area contributed by atoms with Gasteiger partial charge in [0.25, 0.3) is 5.91 Å². The minimum Gasteiger partial charge on any atom is -0.337 e. The highest BCUT2D eigenvalue weighted by atomic mass is 19.1. The molecule has 0 unspecified atom stereocenters. The lowest BCUT2D eigenvalue weighted by Gasteiger charge is -2.17. The molecule has 0 spiro atoms. The van der Waals surface area contributed by atoms with Crippen LogP contribution in [-0.2, 0) is 6.54 Å². The van der Waals surface area contributed by atoms with Crippen molar-refractivity contribution in [3.63, 3.8) is 0 Å². The number of aryl methyl sites for hydroxylation is 1. The van der Waals surface area contributed by atoms with Crippen LogP contribution in [0.1, 0.15) is 35.3 Å². The number of hydrogen-bond donors (Lipinski definition) is 3. The van der Waals surface area contributed by atoms with E-state index in [1.165, 1.54) is 17.8 Å². The highest BCUT2D eigenvalue weighted by Crippen LogP contribution is 2.27. The van der Waals surface area contributed by atoms with Crippen LogP contribution >= 0.6 is 0 Å². The van der Waals surface area contributed by atoms with E-state index in [9.17, 15) is 9.18 Å². The van der Waals surface area contributed by atoms with Crippen molar-refractivity contribution in [1.82, 2.24) is 25.1 Å². The van der Waals surface area contributed by atoms with Crippen molar-refractivity contribution in [2.24, 2.45) is 0 Å². The fourth-order valence-electron chi connectivity index (χ4n) is 3.64. The SMILES string of the molecule is CCN(CC)Cc1ccc2nc(-c3[nH]ncc3NC(=O)c3c(C)cccc3F)[nH]c2c1. The van der Waals surface area contributed by atoms with E-state index in [4.69, 9.17) is 0 Å². The molecule has 2 heterocycles. The molecule has 1 amide bonds. The Balaban J connectivity index is 1.61. The molecular weight excluding hydrogens is 395 g/mol. The van der Waals surface area contributed by atoms with Crippen LogP contribution in [0.3, 0.4) is 0 Å². The third-order valence-electron chi connectivity index (χ3n) is 5.42. The van der Waals surface area contributed by atoms with E-state index in [2.05, 4.69) is 56.4 Å². The molecule has 0 bridgehead atoms. The Hall–Kier alpha value is -3.52. The van der Waals surface area contributed by atoms with Gasteiger partial charge in [-0.15, -0.1) is 0 Å². The molecule has 2 aromatic heterocycles. The van der Waals surface area contributed by atoms with Crippen LogP contribution in [0.2, 0.25) is 0 Å². The van der Waals surface area contributed by atoms with Crippen molar-refractivity contribution in [3.8, 4) is 11.5 Å². The standard InChI is InChI=1S/C23H25FN6O/c1-4-30(5-2)13-15-9-10-17-18(11-15)27-22(26-17)21-19(12-25-29-21)28-23(31)20-14(3)7-6-8-16(20)24/h6-12H,4-5,13H2,1-3H3,(H,25,29)(H,26,27)(H,28,31). The van der Waals surface area contributed by atoms with E-state index in [1.807, 2.05) is 6.07 Å². The van der Waals surface area contributed by atoms with Crippen LogP contribution in [0, 0.1) is 12.7 Å². The number of carbonyl (C=O) groups excluding carboxylic acids is 1. The lowest BCUT2D eigenvalue weighted by atomic mass is 10.1. The second-order valence-corrected chi connectivity index (χ2v) is 7.44. The van der Waals surface area contributed by atoms with Gasteiger partial charge in [-0.25, -0.2) is 9.37 Å². The number of carbonyl (C=O) groups is 1. The monoisotopic (exact) mass is 420 g/mol. The highest BCUT2D eigenvalue weighted by molar-refractivity contribution is 6.06. The molecule has 0 aliphatic heterocycles. The van der Waals surface area contributed by atoms with Gasteiger partial charge in [-0.2, -0.15) is 5.10 Å². The summed E-state index contributed by atoms with van der Waals surface area (Å²) in [6, 6.07) is 10.7. The Morgan fingerprint density at radius 1 is 1.19 bits per heavy atom. The molecule has 160 valence electrons. The molecule has 0 atom stereocenters. The number of amides is 1. The third-order valence-corrected chi connectivity index (χ3v) is 5.42. The number of benzene rings is 2. The van der Waals surface area contributed by atoms with E-state index in [0.717, 1.165) is 30.7 Å². The zero-order valence-electron chi connectivity index (χ0n) is 17.8. The number of nitrogens with one attached hydrogen (secondary N) is 3. The molecule has 3 N–H and O–H groups in total. The van der Waals surface area contributed by atoms with E-state index in [1.54, 1.807) is 19.1 Å². The maximum absolute atomic E-state index is 14.2. The maximum atomic E-state index is 14.2. The fourth-order valence-corrected chi connectivity index (χ4v) is 3.64. The Kier molecular flexibility index (Phi) is 5.81. The van der Waals surface area contributed by atoms with Gasteiger partial charge in [0, 0.05) is 6.54 Å². The number of anilines is 1. The van der Waals surface area contributed by atoms with Gasteiger partial charge in [-0.05, 0) is 49.3 Å². The average Bonchev–Trinajstić information content (AvgIpc) is 3.37. The molecule has 0 saturated heterocycles. The van der Waals surface area contributed by atoms with Crippen LogP contribution in [0.25, 0.3) is 22.6 Å². The average molecular weight is 420 g/mol. The first-order chi connectivity index (χ1) is 15.0. The number of aromatic nitrogens is 4. The summed E-state index contributed by atoms with van der Waals surface area (Å²) in [5, 5.41) is 9.66. The van der Waals surface area contributed by atoms with E-state index < -0.39 is 11.7 Å². The number of imidazole rings is 1. The van der Waals surface area contributed by atoms with Crippen molar-refractivity contribution in [3.05, 3.63) is 65.1 Å². The summed E-state index contributed by atoms with van der Waals surface area (Å²) in [6.45, 7) is 8.83. The molecule has 0 aliphatic rings. The lowest BCUT2D eigenvalue weighted by molar-refractivity contribution is 0.102. The van der Waals surface area contributed by atoms with Crippen molar-refractivity contribution in [1.29, 1.82) is 0 Å². The van der Waals surface area contributed by atoms with Gasteiger partial charge in [0.15, 0.2) is 5.82 Å². The van der Waals surface area contributed by atoms with Crippen molar-refractivity contribution in [2.45, 2.75) is 27.3 Å². The summed E-state index contributed by atoms with van der Waals surface area (Å²) in [5.41, 5.74) is 4.44. The third kappa shape index (κ3) is 4.20. The van der Waals surface area contributed by atoms with Gasteiger partial charge < -0.3 is 10.3 Å². The van der Waals surface area contributed by atoms with Crippen LogP contribution in [-0.4, -0.2) is 44.1 Å². The van der Waals surface area contributed by atoms with Crippen molar-refractivity contribution >= 4 is 22.6 Å². The van der Waals surface area contributed by atoms with E-state index >= 15 is 0 Å². The lowest BCUT2D eigenvalue weighted by Crippen LogP contribution is -2.21. The van der Waals surface area contributed by atoms with Gasteiger partial charge in [0.2, 0.25) is 0 Å². The minimum atomic E-state index is -0.563. The summed E-state index contributed by atoms with van der Waals surface area (Å²) >= 11 is 0. The Bertz CT molecular complexity index is 1200. The van der Waals surface area contributed by atoms with Crippen LogP contribution in [0.5, 0.6) is 0 Å². The second kappa shape index (κ2) is 8.69. The summed E-state index contributed by atoms with van der Waals surface area (Å²) in [6.07, 6.45) is 1.49. The van der Waals surface area contributed by atoms with E-state index in [0.29, 0.717) is 22.8 Å². The number of fused-ring (bicyclic) bond motifs is 1. The molecule has 0 aliphatic carbocycles. The van der Waals surface area contributed by atoms with Crippen LogP contribution in [0.4, 0.5) is 10.1 Å². The molecular formula is C23H25FN6O. The predicted molar refractivity (Wildman–Crippen MR) is 119 cm³/mol. The first kappa shape index (κ1) is 20.7. The smallest absolute Gasteiger partial charge is 0.259 e. The van der Waals surface area contributed by atoms with Gasteiger partial charge in [-0.1, -0.05) is 32.0 Å². The molecule has 31 heavy (non-hydrogen) atoms. The Morgan fingerprint density at radius 2 is 2.00 bits per heavy atom. The van der Waals surface area contributed by atoms with Gasteiger partial charge in [0.05, 0.1) is 28.5 Å². The fraction of sp³-hybridized carbons (Fsp3) is 0.261. The van der Waals surface area contributed by atoms with Gasteiger partial charge in [0.1, 0.15) is 11.5 Å². The first-order valence-corrected chi connectivity index (χ1v) is 10.3. The number of nitrogens with zero attached hydrogens (tertiary/aromatic N) is 3. The van der Waals surface area contributed by atoms with Gasteiger partial charge >= 0.3 is 0 Å².